The van der Waals surface area contributed by atoms with Crippen LogP contribution >= 0.6 is 0 Å². The van der Waals surface area contributed by atoms with E-state index < -0.39 is 6.10 Å². The Morgan fingerprint density at radius 2 is 2.04 bits per heavy atom. The van der Waals surface area contributed by atoms with Crippen molar-refractivity contribution in [3.8, 4) is 5.75 Å². The normalized spacial score (nSPS) is 17.2. The van der Waals surface area contributed by atoms with Gasteiger partial charge < -0.3 is 14.4 Å². The molecule has 3 aromatic rings. The van der Waals surface area contributed by atoms with Gasteiger partial charge in [0, 0.05) is 5.39 Å². The lowest BCUT2D eigenvalue weighted by molar-refractivity contribution is -0.129. The second kappa shape index (κ2) is 6.53. The number of nitrogens with zero attached hydrogens (tertiary/aromatic N) is 2. The van der Waals surface area contributed by atoms with Crippen LogP contribution in [0, 0.1) is 6.73 Å². The first-order valence-electron chi connectivity index (χ1n) is 8.03. The topological polar surface area (TPSA) is 51.7 Å². The number of amides is 1. The van der Waals surface area contributed by atoms with E-state index in [2.05, 4.69) is 4.98 Å². The molecule has 1 fully saturated rings. The van der Waals surface area contributed by atoms with E-state index >= 15 is 0 Å². The number of carbonyl (C=O) groups excluding carboxylic acids is 1. The molecule has 0 aliphatic carbocycles. The van der Waals surface area contributed by atoms with E-state index in [0.717, 1.165) is 22.2 Å². The molecule has 1 aliphatic rings. The Morgan fingerprint density at radius 3 is 2.88 bits per heavy atom. The molecule has 1 aliphatic heterocycles. The van der Waals surface area contributed by atoms with Crippen LogP contribution in [-0.4, -0.2) is 22.8 Å². The number of hydrogen-bond donors (Lipinski definition) is 0. The molecular weight excluding hydrogens is 316 g/mol. The molecule has 4 rings (SSSR count). The van der Waals surface area contributed by atoms with Crippen LogP contribution in [0.3, 0.4) is 0 Å². The largest absolute Gasteiger partial charge is 0.519 e. The van der Waals surface area contributed by atoms with Crippen LogP contribution in [0.1, 0.15) is 17.4 Å². The minimum absolute atomic E-state index is 0.0895. The Morgan fingerprint density at radius 1 is 1.16 bits per heavy atom. The Hall–Kier alpha value is -2.92. The fourth-order valence-electron chi connectivity index (χ4n) is 2.78. The van der Waals surface area contributed by atoms with Gasteiger partial charge in [-0.1, -0.05) is 36.4 Å². The predicted octanol–water partition coefficient (Wildman–Crippen LogP) is 3.46. The number of rotatable bonds is 4. The highest BCUT2D eigenvalue weighted by atomic mass is 16.5. The van der Waals surface area contributed by atoms with Crippen LogP contribution in [0.25, 0.3) is 10.9 Å². The molecule has 0 N–H and O–H groups in total. The van der Waals surface area contributed by atoms with Gasteiger partial charge in [0.05, 0.1) is 11.2 Å². The number of pyridine rings is 1. The molecule has 25 heavy (non-hydrogen) atoms. The molecule has 1 saturated heterocycles. The number of ether oxygens (including phenoxy) is 2. The zero-order chi connectivity index (χ0) is 17.2. The van der Waals surface area contributed by atoms with Gasteiger partial charge in [0.2, 0.25) is 5.91 Å². The lowest BCUT2D eigenvalue weighted by Crippen LogP contribution is -2.19. The van der Waals surface area contributed by atoms with Crippen molar-refractivity contribution < 1.29 is 14.3 Å². The van der Waals surface area contributed by atoms with E-state index in [1.807, 2.05) is 60.7 Å². The number of aromatic nitrogens is 1. The molecule has 5 heteroatoms. The van der Waals surface area contributed by atoms with E-state index in [0.29, 0.717) is 12.4 Å². The van der Waals surface area contributed by atoms with E-state index in [1.54, 1.807) is 7.05 Å². The van der Waals surface area contributed by atoms with Crippen molar-refractivity contribution in [1.29, 1.82) is 0 Å². The first-order chi connectivity index (χ1) is 12.2. The van der Waals surface area contributed by atoms with E-state index in [-0.39, 0.29) is 5.91 Å². The zero-order valence-electron chi connectivity index (χ0n) is 13.8. The number of para-hydroxylation sites is 1. The summed E-state index contributed by atoms with van der Waals surface area (Å²) in [6, 6.07) is 19.4. The molecule has 1 atom stereocenters. The maximum Gasteiger partial charge on any atom is 0.226 e. The third-order valence-corrected chi connectivity index (χ3v) is 4.13. The lowest BCUT2D eigenvalue weighted by atomic mass is 10.1. The van der Waals surface area contributed by atoms with Crippen LogP contribution in [0.4, 0.5) is 0 Å². The third kappa shape index (κ3) is 3.19. The highest BCUT2D eigenvalue weighted by Crippen LogP contribution is 2.29. The molecule has 126 valence electrons. The molecule has 0 saturated carbocycles. The predicted molar refractivity (Wildman–Crippen MR) is 93.4 cm³/mol. The molecule has 5 nitrogen and oxygen atoms in total. The van der Waals surface area contributed by atoms with E-state index in [1.165, 1.54) is 11.6 Å². The van der Waals surface area contributed by atoms with Crippen LogP contribution < -0.4 is 4.74 Å². The van der Waals surface area contributed by atoms with Gasteiger partial charge in [0.25, 0.3) is 0 Å². The van der Waals surface area contributed by atoms with Crippen molar-refractivity contribution in [2.75, 3.05) is 7.05 Å². The summed E-state index contributed by atoms with van der Waals surface area (Å²) in [5, 5.41) is 1.10. The maximum absolute atomic E-state index is 12.0. The second-order valence-corrected chi connectivity index (χ2v) is 5.93. The molecular formula is C20H17N2O3-. The van der Waals surface area contributed by atoms with Gasteiger partial charge in [-0.3, -0.25) is 4.79 Å². The number of likely N-dealkylation sites (N-methyl/N-ethyl adjacent to an activating group) is 1. The van der Waals surface area contributed by atoms with E-state index in [9.17, 15) is 4.79 Å². The number of carbonyl (C=O) groups is 1. The summed E-state index contributed by atoms with van der Waals surface area (Å²) in [6.07, 6.45) is -0.604. The average Bonchev–Trinajstić information content (AvgIpc) is 2.99. The van der Waals surface area contributed by atoms with Crippen LogP contribution in [0.5, 0.6) is 5.75 Å². The van der Waals surface area contributed by atoms with E-state index in [4.69, 9.17) is 9.47 Å². The summed E-state index contributed by atoms with van der Waals surface area (Å²) in [4.78, 5) is 18.1. The minimum Gasteiger partial charge on any atom is -0.519 e. The number of benzene rings is 2. The fraction of sp³-hybridized carbons (Fsp3) is 0.150. The average molecular weight is 333 g/mol. The fourth-order valence-corrected chi connectivity index (χ4v) is 2.78. The summed E-state index contributed by atoms with van der Waals surface area (Å²) in [7, 11) is 1.67. The van der Waals surface area contributed by atoms with Crippen molar-refractivity contribution in [2.45, 2.75) is 12.7 Å². The van der Waals surface area contributed by atoms with Crippen LogP contribution in [0.2, 0.25) is 0 Å². The third-order valence-electron chi connectivity index (χ3n) is 4.13. The summed E-state index contributed by atoms with van der Waals surface area (Å²) >= 11 is 0. The number of fused-ring (bicyclic) bond motifs is 1. The molecule has 0 spiro atoms. The Labute approximate surface area is 145 Å². The smallest absolute Gasteiger partial charge is 0.226 e. The molecule has 0 radical (unpaired) electrons. The first kappa shape index (κ1) is 15.6. The van der Waals surface area contributed by atoms with Crippen molar-refractivity contribution in [3.05, 3.63) is 78.7 Å². The minimum atomic E-state index is -0.604. The number of hydrogen-bond acceptors (Lipinski definition) is 4. The van der Waals surface area contributed by atoms with Crippen molar-refractivity contribution in [2.24, 2.45) is 0 Å². The van der Waals surface area contributed by atoms with Crippen LogP contribution in [-0.2, 0) is 16.1 Å². The van der Waals surface area contributed by atoms with Crippen molar-refractivity contribution in [1.82, 2.24) is 9.88 Å². The SMILES string of the molecule is CN1[CH-]OC(c2cccc(OCc3ccc4ccccc4n3)c2)C1=O. The summed E-state index contributed by atoms with van der Waals surface area (Å²) in [5.74, 6) is 0.590. The maximum atomic E-state index is 12.0. The highest BCUT2D eigenvalue weighted by Gasteiger charge is 2.24. The van der Waals surface area contributed by atoms with Gasteiger partial charge in [-0.15, -0.1) is 6.73 Å². The second-order valence-electron chi connectivity index (χ2n) is 5.93. The van der Waals surface area contributed by atoms with Crippen molar-refractivity contribution >= 4 is 16.8 Å². The van der Waals surface area contributed by atoms with Gasteiger partial charge in [-0.2, -0.15) is 0 Å². The molecule has 2 aromatic carbocycles. The molecule has 2 heterocycles. The Kier molecular flexibility index (Phi) is 4.07. The molecule has 1 aromatic heterocycles. The Bertz CT molecular complexity index is 925. The standard InChI is InChI=1S/C20H17N2O3/c1-22-13-25-19(20(22)23)15-6-4-7-17(11-15)24-12-16-10-9-14-5-2-3-8-18(14)21-16/h2-11,13,19H,12H2,1H3/q-1. The zero-order valence-corrected chi connectivity index (χ0v) is 13.8. The monoisotopic (exact) mass is 333 g/mol. The summed E-state index contributed by atoms with van der Waals surface area (Å²) < 4.78 is 11.3. The summed E-state index contributed by atoms with van der Waals surface area (Å²) in [6.45, 7) is 1.79. The van der Waals surface area contributed by atoms with Crippen molar-refractivity contribution in [3.63, 3.8) is 0 Å². The van der Waals surface area contributed by atoms with Gasteiger partial charge in [0.1, 0.15) is 18.5 Å². The van der Waals surface area contributed by atoms with Gasteiger partial charge >= 0.3 is 0 Å². The Balaban J connectivity index is 1.49. The molecule has 1 unspecified atom stereocenters. The first-order valence-corrected chi connectivity index (χ1v) is 8.03. The molecule has 0 bridgehead atoms. The molecule has 1 amide bonds. The van der Waals surface area contributed by atoms with Gasteiger partial charge in [0.15, 0.2) is 0 Å². The quantitative estimate of drug-likeness (QED) is 0.686. The van der Waals surface area contributed by atoms with Gasteiger partial charge in [-0.25, -0.2) is 4.98 Å². The lowest BCUT2D eigenvalue weighted by Gasteiger charge is -2.14. The highest BCUT2D eigenvalue weighted by molar-refractivity contribution is 5.84. The van der Waals surface area contributed by atoms with Crippen LogP contribution in [0.15, 0.2) is 60.7 Å². The summed E-state index contributed by atoms with van der Waals surface area (Å²) in [5.41, 5.74) is 2.57. The van der Waals surface area contributed by atoms with Gasteiger partial charge in [-0.05, 0) is 36.9 Å².